The van der Waals surface area contributed by atoms with E-state index in [1.165, 1.54) is 246 Å². The van der Waals surface area contributed by atoms with Gasteiger partial charge in [0.2, 0.25) is 0 Å². The normalized spacial score (nSPS) is 24.1. The molecular formula is C89H181N9. The predicted molar refractivity (Wildman–Crippen MR) is 443 cm³/mol. The molecule has 0 aromatic heterocycles. The molecule has 0 radical (unpaired) electrons. The highest BCUT2D eigenvalue weighted by molar-refractivity contribution is 5.08. The molecule has 0 spiro atoms. The van der Waals surface area contributed by atoms with E-state index in [2.05, 4.69) is 256 Å². The molecule has 7 aliphatic heterocycles. The van der Waals surface area contributed by atoms with Gasteiger partial charge in [0.1, 0.15) is 0 Å². The molecule has 0 aliphatic carbocycles. The van der Waals surface area contributed by atoms with Crippen molar-refractivity contribution in [3.05, 3.63) is 34.9 Å². The molecule has 1 unspecified atom stereocenters. The van der Waals surface area contributed by atoms with Crippen LogP contribution in [0.1, 0.15) is 329 Å². The lowest BCUT2D eigenvalue weighted by Crippen LogP contribution is -2.44. The van der Waals surface area contributed by atoms with Crippen molar-refractivity contribution in [1.29, 1.82) is 0 Å². The van der Waals surface area contributed by atoms with Crippen molar-refractivity contribution in [2.24, 2.45) is 41.4 Å². The summed E-state index contributed by atoms with van der Waals surface area (Å²) in [6.45, 7) is 87.9. The summed E-state index contributed by atoms with van der Waals surface area (Å²) >= 11 is 0. The van der Waals surface area contributed by atoms with E-state index in [-0.39, 0.29) is 0 Å². The third-order valence-electron chi connectivity index (χ3n) is 23.6. The Balaban J connectivity index is 0.000000572. The van der Waals surface area contributed by atoms with E-state index in [0.29, 0.717) is 30.2 Å². The number of hydrogen-bond donors (Lipinski definition) is 0. The Hall–Kier alpha value is -1.14. The molecular weight excluding hydrogens is 1200 g/mol. The second kappa shape index (κ2) is 55.3. The summed E-state index contributed by atoms with van der Waals surface area (Å²) in [7, 11) is 0. The van der Waals surface area contributed by atoms with Crippen LogP contribution < -0.4 is 0 Å². The average molecular weight is 1380 g/mol. The maximum Gasteiger partial charge on any atom is 0.0168 e. The quantitative estimate of drug-likeness (QED) is 0.158. The van der Waals surface area contributed by atoms with Crippen molar-refractivity contribution < 1.29 is 0 Å². The number of hydrogen-bond acceptors (Lipinski definition) is 9. The van der Waals surface area contributed by atoms with Gasteiger partial charge < -0.3 is 29.4 Å². The van der Waals surface area contributed by atoms with E-state index in [9.17, 15) is 0 Å². The fraction of sp³-hybridized carbons (Fsp3) is 0.933. The van der Waals surface area contributed by atoms with Crippen LogP contribution in [0.5, 0.6) is 0 Å². The lowest BCUT2D eigenvalue weighted by atomic mass is 9.86. The molecule has 0 bridgehead atoms. The van der Waals surface area contributed by atoms with Crippen molar-refractivity contribution in [2.45, 2.75) is 383 Å². The molecule has 9 nitrogen and oxygen atoms in total. The van der Waals surface area contributed by atoms with Gasteiger partial charge in [-0.15, -0.1) is 0 Å². The summed E-state index contributed by atoms with van der Waals surface area (Å²) in [5.74, 6) is 5.95. The van der Waals surface area contributed by atoms with Crippen LogP contribution in [0.2, 0.25) is 0 Å². The number of likely N-dealkylation sites (tertiary alicyclic amines) is 2. The first kappa shape index (κ1) is 94.9. The van der Waals surface area contributed by atoms with Crippen molar-refractivity contribution in [1.82, 2.24) is 44.1 Å². The molecule has 9 heteroatoms. The van der Waals surface area contributed by atoms with Crippen LogP contribution in [0.25, 0.3) is 0 Å². The zero-order valence-electron chi connectivity index (χ0n) is 72.1. The summed E-state index contributed by atoms with van der Waals surface area (Å²) in [5.41, 5.74) is 5.00. The molecule has 4 saturated heterocycles. The fourth-order valence-corrected chi connectivity index (χ4v) is 15.7. The van der Waals surface area contributed by atoms with E-state index in [0.717, 1.165) is 72.1 Å². The molecule has 0 aromatic rings. The first-order valence-electron chi connectivity index (χ1n) is 43.0. The van der Waals surface area contributed by atoms with Crippen molar-refractivity contribution in [3.63, 3.8) is 0 Å². The number of rotatable bonds is 14. The minimum atomic E-state index is 0.692. The Morgan fingerprint density at radius 3 is 0.929 bits per heavy atom. The highest BCUT2D eigenvalue weighted by atomic mass is 15.2. The number of allylic oxidation sites excluding steroid dienone is 3. The molecule has 0 amide bonds. The largest absolute Gasteiger partial charge is 0.301 e. The third kappa shape index (κ3) is 43.3. The van der Waals surface area contributed by atoms with Gasteiger partial charge in [0.05, 0.1) is 0 Å². The highest BCUT2D eigenvalue weighted by Crippen LogP contribution is 2.28. The minimum absolute atomic E-state index is 0.692. The van der Waals surface area contributed by atoms with Gasteiger partial charge in [-0.2, -0.15) is 0 Å². The van der Waals surface area contributed by atoms with Gasteiger partial charge in [0, 0.05) is 87.1 Å². The minimum Gasteiger partial charge on any atom is -0.301 e. The van der Waals surface area contributed by atoms with Gasteiger partial charge in [-0.3, -0.25) is 14.7 Å². The van der Waals surface area contributed by atoms with Gasteiger partial charge >= 0.3 is 0 Å². The third-order valence-corrected chi connectivity index (χ3v) is 23.6. The van der Waals surface area contributed by atoms with E-state index >= 15 is 0 Å². The second-order valence-electron chi connectivity index (χ2n) is 35.7. The summed E-state index contributed by atoms with van der Waals surface area (Å²) in [6, 6.07) is 6.46. The zero-order chi connectivity index (χ0) is 73.9. The maximum atomic E-state index is 2.65. The molecule has 7 aliphatic rings. The Kier molecular flexibility index (Phi) is 53.6. The van der Waals surface area contributed by atoms with Crippen LogP contribution in [0.15, 0.2) is 34.9 Å². The molecule has 1 atom stereocenters. The van der Waals surface area contributed by atoms with Gasteiger partial charge in [-0.05, 0) is 373 Å². The van der Waals surface area contributed by atoms with Crippen LogP contribution in [0.4, 0.5) is 0 Å². The van der Waals surface area contributed by atoms with Crippen molar-refractivity contribution in [2.75, 3.05) is 118 Å². The van der Waals surface area contributed by atoms with Crippen LogP contribution >= 0.6 is 0 Å². The van der Waals surface area contributed by atoms with E-state index in [1.54, 1.807) is 16.7 Å². The Labute approximate surface area is 618 Å². The smallest absolute Gasteiger partial charge is 0.0168 e. The van der Waals surface area contributed by atoms with Crippen molar-refractivity contribution >= 4 is 0 Å². The van der Waals surface area contributed by atoms with Gasteiger partial charge in [-0.1, -0.05) is 117 Å². The molecule has 0 N–H and O–H groups in total. The van der Waals surface area contributed by atoms with Crippen molar-refractivity contribution in [3.8, 4) is 0 Å². The standard InChI is InChI=1S/C13H27N.C13H25N.C13H27N.2C13H25N.2C12H26N2/c2*1-11(2)13-7-5-9-14(12(3)4)10-6-8-13;3*1-11(2)13-7-5-6-9-14(10-8-13)12(3)4;1-11(2)13-7-5-9-14(12(3)4)10-6-8-13;1-11(2)13-7-5-6-8-14(10-9-13)12(3)4/h11-13H,5-10H2,1-4H3;7,11-12H,5-6,8-10H2,1-4H3;11-13H,5-10H2,1-4H3;8,11-12H,5-7,9-10H2,1-4H3;7,11-12H,5-6,8-10H2,1-4H3;2*11-12H,5-10H2,1-4H3/b;13-7+;;13-8+;13-7+;;. The van der Waals surface area contributed by atoms with Gasteiger partial charge in [0.15, 0.2) is 0 Å². The van der Waals surface area contributed by atoms with E-state index in [1.807, 2.05) is 0 Å². The monoisotopic (exact) mass is 1380 g/mol. The predicted octanol–water partition coefficient (Wildman–Crippen LogP) is 21.9. The van der Waals surface area contributed by atoms with Gasteiger partial charge in [-0.25, -0.2) is 0 Å². The molecule has 98 heavy (non-hydrogen) atoms. The van der Waals surface area contributed by atoms with Crippen LogP contribution in [-0.2, 0) is 0 Å². The lowest BCUT2D eigenvalue weighted by Gasteiger charge is -2.34. The first-order chi connectivity index (χ1) is 46.3. The summed E-state index contributed by atoms with van der Waals surface area (Å²) in [4.78, 5) is 23.5. The Morgan fingerprint density at radius 2 is 0.500 bits per heavy atom. The van der Waals surface area contributed by atoms with E-state index in [4.69, 9.17) is 0 Å². The molecule has 7 rings (SSSR count). The zero-order valence-corrected chi connectivity index (χ0v) is 72.1. The van der Waals surface area contributed by atoms with Gasteiger partial charge in [0.25, 0.3) is 0 Å². The van der Waals surface area contributed by atoms with Crippen LogP contribution in [0.3, 0.4) is 0 Å². The fourth-order valence-electron chi connectivity index (χ4n) is 15.7. The SMILES string of the molecule is CC(C)/C1=C/CCCN(C(C)C)CC1.CC(C)/C1=C/CCN(C(C)C)CCC1.CC(C)/C1=C/CN(C(C)C)CCCC1.CC(C)C1CCCCN(C(C)C)CC1.CC(C)C1CCCN(C(C)C)CCC1.CC(C)N1CCCCN(C(C)C)CC1.CC(C)N1CCCN(C(C)C)CCC1. The molecule has 582 valence electrons. The lowest BCUT2D eigenvalue weighted by molar-refractivity contribution is 0.130. The average Bonchev–Trinajstić information content (AvgIpc) is 1.34. The topological polar surface area (TPSA) is 29.2 Å². The molecule has 7 heterocycles. The molecule has 0 aromatic carbocycles. The first-order valence-corrected chi connectivity index (χ1v) is 43.0. The summed E-state index contributed by atoms with van der Waals surface area (Å²) < 4.78 is 0. The highest BCUT2D eigenvalue weighted by Gasteiger charge is 2.23. The molecule has 4 fully saturated rings. The maximum absolute atomic E-state index is 2.65. The Morgan fingerprint density at radius 1 is 0.214 bits per heavy atom. The molecule has 0 saturated carbocycles. The second-order valence-corrected chi connectivity index (χ2v) is 35.7. The Bertz CT molecular complexity index is 1800. The van der Waals surface area contributed by atoms with E-state index < -0.39 is 0 Å². The van der Waals surface area contributed by atoms with Crippen LogP contribution in [0, 0.1) is 41.4 Å². The van der Waals surface area contributed by atoms with Crippen LogP contribution in [-0.4, -0.2) is 216 Å². The number of nitrogens with zero attached hydrogens (tertiary/aromatic N) is 9. The summed E-state index contributed by atoms with van der Waals surface area (Å²) in [6.07, 6.45) is 36.0. The summed E-state index contributed by atoms with van der Waals surface area (Å²) in [5, 5.41) is 0.